The fraction of sp³-hybridized carbons (Fsp3) is 0.0625. The zero-order valence-electron chi connectivity index (χ0n) is 24.3. The first-order chi connectivity index (χ1) is 22.3. The minimum Gasteiger partial charge on any atom is -0.206 e. The third-order valence-corrected chi connectivity index (χ3v) is 16.2. The van der Waals surface area contributed by atoms with E-state index in [-0.39, 0.29) is 13.0 Å². The Morgan fingerprint density at radius 2 is 0.723 bits per heavy atom. The number of sulfonamides is 4. The highest BCUT2D eigenvalue weighted by atomic mass is 79.9. The SMILES string of the molecule is O=S(=O)(c1ccccc1)N(CC(c1ccc(Br)cc1)N(S(=O)(=O)c1ccccc1)S(=O)(=O)c1ccccc1)S(=O)(=O)c1ccccc1. The summed E-state index contributed by atoms with van der Waals surface area (Å²) in [7, 11) is -19.9. The average molecular weight is 776 g/mol. The molecule has 5 aromatic carbocycles. The molecule has 0 heterocycles. The molecule has 47 heavy (non-hydrogen) atoms. The van der Waals surface area contributed by atoms with Gasteiger partial charge in [0.15, 0.2) is 0 Å². The largest absolute Gasteiger partial charge is 0.256 e. The smallest absolute Gasteiger partial charge is 0.206 e. The van der Waals surface area contributed by atoms with E-state index in [1.54, 1.807) is 24.3 Å². The zero-order valence-corrected chi connectivity index (χ0v) is 29.2. The number of benzene rings is 5. The summed E-state index contributed by atoms with van der Waals surface area (Å²) in [5, 5.41) is 0. The minimum absolute atomic E-state index is 0.00346. The predicted octanol–water partition coefficient (Wildman–Crippen LogP) is 5.65. The van der Waals surface area contributed by atoms with E-state index in [1.807, 2.05) is 0 Å². The molecule has 0 bridgehead atoms. The van der Waals surface area contributed by atoms with Crippen LogP contribution in [0.25, 0.3) is 0 Å². The molecule has 0 aliphatic heterocycles. The maximum absolute atomic E-state index is 14.5. The molecule has 244 valence electrons. The highest BCUT2D eigenvalue weighted by Gasteiger charge is 2.47. The lowest BCUT2D eigenvalue weighted by Gasteiger charge is -2.33. The Morgan fingerprint density at radius 3 is 1.04 bits per heavy atom. The average Bonchev–Trinajstić information content (AvgIpc) is 3.08. The van der Waals surface area contributed by atoms with Crippen LogP contribution >= 0.6 is 15.9 Å². The summed E-state index contributed by atoms with van der Waals surface area (Å²) in [4.78, 5) is -1.63. The quantitative estimate of drug-likeness (QED) is 0.158. The van der Waals surface area contributed by atoms with Gasteiger partial charge in [-0.3, -0.25) is 0 Å². The van der Waals surface area contributed by atoms with Gasteiger partial charge in [-0.2, -0.15) is 0 Å². The Bertz CT molecular complexity index is 2140. The second-order valence-corrected chi connectivity index (χ2v) is 18.8. The summed E-state index contributed by atoms with van der Waals surface area (Å²) in [6, 6.07) is 30.8. The van der Waals surface area contributed by atoms with E-state index in [2.05, 4.69) is 15.9 Å². The standard InChI is InChI=1S/C32H27BrN2O8S4/c33-27-23-21-26(22-24-27)32(35(46(40,41)30-17-9-3-10-18-30)47(42,43)31-19-11-4-12-20-31)25-34(44(36,37)28-13-5-1-6-14-28)45(38,39)29-15-7-2-8-16-29/h1-24,32H,25H2. The van der Waals surface area contributed by atoms with Crippen LogP contribution in [0.5, 0.6) is 0 Å². The molecule has 0 saturated heterocycles. The molecular weight excluding hydrogens is 749 g/mol. The lowest BCUT2D eigenvalue weighted by molar-refractivity contribution is 0.383. The molecular formula is C32H27BrN2O8S4. The zero-order chi connectivity index (χ0) is 33.9. The van der Waals surface area contributed by atoms with E-state index in [0.717, 1.165) is 0 Å². The number of hydrogen-bond acceptors (Lipinski definition) is 8. The summed E-state index contributed by atoms with van der Waals surface area (Å²) in [5.41, 5.74) is 0.00346. The van der Waals surface area contributed by atoms with Crippen LogP contribution in [0.2, 0.25) is 0 Å². The van der Waals surface area contributed by atoms with Crippen LogP contribution in [0.15, 0.2) is 170 Å². The monoisotopic (exact) mass is 774 g/mol. The minimum atomic E-state index is -5.01. The van der Waals surface area contributed by atoms with Gasteiger partial charge in [0.05, 0.1) is 32.2 Å². The second-order valence-electron chi connectivity index (χ2n) is 10.0. The van der Waals surface area contributed by atoms with Crippen molar-refractivity contribution in [1.82, 2.24) is 7.42 Å². The van der Waals surface area contributed by atoms with Gasteiger partial charge in [0.25, 0.3) is 40.1 Å². The van der Waals surface area contributed by atoms with Crippen LogP contribution in [-0.4, -0.2) is 47.6 Å². The fourth-order valence-electron chi connectivity index (χ4n) is 4.72. The molecule has 0 saturated carbocycles. The van der Waals surface area contributed by atoms with Crippen molar-refractivity contribution in [3.63, 3.8) is 0 Å². The van der Waals surface area contributed by atoms with Crippen molar-refractivity contribution in [2.75, 3.05) is 6.54 Å². The van der Waals surface area contributed by atoms with Crippen molar-refractivity contribution >= 4 is 56.0 Å². The van der Waals surface area contributed by atoms with Crippen molar-refractivity contribution < 1.29 is 33.7 Å². The predicted molar refractivity (Wildman–Crippen MR) is 180 cm³/mol. The van der Waals surface area contributed by atoms with Gasteiger partial charge >= 0.3 is 0 Å². The highest BCUT2D eigenvalue weighted by molar-refractivity contribution is 9.10. The molecule has 1 atom stereocenters. The summed E-state index contributed by atoms with van der Waals surface area (Å²) >= 11 is 3.31. The molecule has 0 amide bonds. The van der Waals surface area contributed by atoms with Crippen molar-refractivity contribution in [2.45, 2.75) is 25.6 Å². The van der Waals surface area contributed by atoms with Crippen molar-refractivity contribution in [3.8, 4) is 0 Å². The first kappa shape index (κ1) is 34.6. The molecule has 0 aliphatic carbocycles. The van der Waals surface area contributed by atoms with E-state index < -0.39 is 72.3 Å². The Balaban J connectivity index is 1.84. The first-order valence-electron chi connectivity index (χ1n) is 13.8. The summed E-state index contributed by atoms with van der Waals surface area (Å²) in [6.45, 7) is -1.14. The number of rotatable bonds is 12. The molecule has 0 aliphatic rings. The molecule has 5 aromatic rings. The molecule has 15 heteroatoms. The second kappa shape index (κ2) is 13.8. The van der Waals surface area contributed by atoms with E-state index in [4.69, 9.17) is 0 Å². The van der Waals surface area contributed by atoms with Gasteiger partial charge in [-0.1, -0.05) is 108 Å². The third kappa shape index (κ3) is 7.11. The highest BCUT2D eigenvalue weighted by Crippen LogP contribution is 2.37. The molecule has 5 rings (SSSR count). The Morgan fingerprint density at radius 1 is 0.426 bits per heavy atom. The van der Waals surface area contributed by atoms with Crippen LogP contribution in [0.3, 0.4) is 0 Å². The van der Waals surface area contributed by atoms with Gasteiger partial charge in [-0.25, -0.2) is 33.7 Å². The normalized spacial score (nSPS) is 13.4. The maximum atomic E-state index is 14.5. The third-order valence-electron chi connectivity index (χ3n) is 7.01. The van der Waals surface area contributed by atoms with E-state index in [0.29, 0.717) is 4.47 Å². The van der Waals surface area contributed by atoms with Crippen LogP contribution in [0.4, 0.5) is 0 Å². The van der Waals surface area contributed by atoms with Crippen LogP contribution in [0, 0.1) is 0 Å². The van der Waals surface area contributed by atoms with Crippen LogP contribution in [0.1, 0.15) is 11.6 Å². The summed E-state index contributed by atoms with van der Waals surface area (Å²) in [6.07, 6.45) is 0. The molecule has 10 nitrogen and oxygen atoms in total. The van der Waals surface area contributed by atoms with Crippen LogP contribution < -0.4 is 0 Å². The van der Waals surface area contributed by atoms with Gasteiger partial charge in [-0.15, -0.1) is 0 Å². The molecule has 1 unspecified atom stereocenters. The molecule has 0 N–H and O–H groups in total. The topological polar surface area (TPSA) is 143 Å². The number of halogens is 1. The number of hydrogen-bond donors (Lipinski definition) is 0. The van der Waals surface area contributed by atoms with Crippen molar-refractivity contribution in [3.05, 3.63) is 156 Å². The summed E-state index contributed by atoms with van der Waals surface area (Å²) < 4.78 is 116. The Kier molecular flexibility index (Phi) is 10.2. The molecule has 0 radical (unpaired) electrons. The first-order valence-corrected chi connectivity index (χ1v) is 20.4. The lowest BCUT2D eigenvalue weighted by Crippen LogP contribution is -2.47. The maximum Gasteiger partial charge on any atom is 0.256 e. The van der Waals surface area contributed by atoms with Crippen molar-refractivity contribution in [2.24, 2.45) is 0 Å². The van der Waals surface area contributed by atoms with Gasteiger partial charge in [0.2, 0.25) is 0 Å². The Hall–Kier alpha value is -3.70. The van der Waals surface area contributed by atoms with E-state index in [1.165, 1.54) is 121 Å². The van der Waals surface area contributed by atoms with Gasteiger partial charge in [0.1, 0.15) is 0 Å². The summed E-state index contributed by atoms with van der Waals surface area (Å²) in [5.74, 6) is 0. The molecule has 0 fully saturated rings. The van der Waals surface area contributed by atoms with Gasteiger partial charge < -0.3 is 0 Å². The van der Waals surface area contributed by atoms with E-state index in [9.17, 15) is 33.7 Å². The fourth-order valence-corrected chi connectivity index (χ4v) is 12.7. The number of nitrogens with zero attached hydrogens (tertiary/aromatic N) is 2. The lowest BCUT2D eigenvalue weighted by atomic mass is 10.1. The van der Waals surface area contributed by atoms with Gasteiger partial charge in [-0.05, 0) is 66.2 Å². The van der Waals surface area contributed by atoms with Crippen LogP contribution in [-0.2, 0) is 40.1 Å². The van der Waals surface area contributed by atoms with Gasteiger partial charge in [0, 0.05) is 4.47 Å². The van der Waals surface area contributed by atoms with E-state index >= 15 is 0 Å². The Labute approximate surface area is 283 Å². The molecule has 0 aromatic heterocycles. The van der Waals surface area contributed by atoms with Crippen molar-refractivity contribution in [1.29, 1.82) is 0 Å². The molecule has 0 spiro atoms.